The van der Waals surface area contributed by atoms with Gasteiger partial charge in [-0.25, -0.2) is 0 Å². The minimum Gasteiger partial charge on any atom is -0.388 e. The number of amides is 2. The summed E-state index contributed by atoms with van der Waals surface area (Å²) in [6, 6.07) is 8.86. The van der Waals surface area contributed by atoms with Gasteiger partial charge < -0.3 is 21.1 Å². The molecule has 0 saturated carbocycles. The van der Waals surface area contributed by atoms with Crippen molar-refractivity contribution < 1.29 is 14.7 Å². The molecule has 0 aromatic heterocycles. The number of aliphatic hydroxyl groups is 1. The summed E-state index contributed by atoms with van der Waals surface area (Å²) in [5, 5.41) is 13.0. The average Bonchev–Trinajstić information content (AvgIpc) is 3.07. The Hall–Kier alpha value is -1.92. The van der Waals surface area contributed by atoms with Crippen LogP contribution in [0.5, 0.6) is 0 Å². The summed E-state index contributed by atoms with van der Waals surface area (Å²) >= 11 is 0. The fraction of sp³-hybridized carbons (Fsp3) is 0.579. The molecule has 0 spiro atoms. The van der Waals surface area contributed by atoms with E-state index in [1.165, 1.54) is 0 Å². The molecule has 1 fully saturated rings. The van der Waals surface area contributed by atoms with Gasteiger partial charge in [-0.2, -0.15) is 0 Å². The molecule has 138 valence electrons. The highest BCUT2D eigenvalue weighted by atomic mass is 16.3. The Morgan fingerprint density at radius 3 is 2.64 bits per heavy atom. The van der Waals surface area contributed by atoms with Crippen molar-refractivity contribution in [3.05, 3.63) is 35.9 Å². The fourth-order valence-electron chi connectivity index (χ4n) is 3.16. The lowest BCUT2D eigenvalue weighted by atomic mass is 10.0. The van der Waals surface area contributed by atoms with E-state index in [0.717, 1.165) is 18.4 Å². The van der Waals surface area contributed by atoms with Gasteiger partial charge in [0.25, 0.3) is 0 Å². The standard InChI is InChI=1S/C19H29N3O3/c1-13(2)18(20)19(25)21-12-17(24)22-10-6-9-15(22)11-16(23)14-7-4-3-5-8-14/h3-5,7-8,13,15-16,18,23H,6,9-12,20H2,1-2H3,(H,21,25)/t15?,16?,18-/m0/s1. The Labute approximate surface area is 149 Å². The third-order valence-corrected chi connectivity index (χ3v) is 4.81. The summed E-state index contributed by atoms with van der Waals surface area (Å²) in [4.78, 5) is 26.1. The molecule has 1 saturated heterocycles. The zero-order chi connectivity index (χ0) is 18.4. The predicted octanol–water partition coefficient (Wildman–Crippen LogP) is 1.20. The average molecular weight is 347 g/mol. The van der Waals surface area contributed by atoms with E-state index < -0.39 is 12.1 Å². The maximum atomic E-state index is 12.5. The number of hydrogen-bond donors (Lipinski definition) is 3. The van der Waals surface area contributed by atoms with Crippen LogP contribution >= 0.6 is 0 Å². The molecule has 1 aromatic carbocycles. The Bertz CT molecular complexity index is 577. The zero-order valence-electron chi connectivity index (χ0n) is 15.0. The maximum Gasteiger partial charge on any atom is 0.242 e. The molecule has 4 N–H and O–H groups in total. The number of rotatable bonds is 7. The Morgan fingerprint density at radius 2 is 2.00 bits per heavy atom. The van der Waals surface area contributed by atoms with E-state index in [9.17, 15) is 14.7 Å². The number of aliphatic hydroxyl groups excluding tert-OH is 1. The Morgan fingerprint density at radius 1 is 1.32 bits per heavy atom. The Balaban J connectivity index is 1.87. The molecular formula is C19H29N3O3. The summed E-state index contributed by atoms with van der Waals surface area (Å²) < 4.78 is 0. The van der Waals surface area contributed by atoms with Gasteiger partial charge in [0.15, 0.2) is 0 Å². The van der Waals surface area contributed by atoms with Gasteiger partial charge in [0.05, 0.1) is 18.7 Å². The highest BCUT2D eigenvalue weighted by Crippen LogP contribution is 2.27. The second-order valence-electron chi connectivity index (χ2n) is 7.03. The SMILES string of the molecule is CC(C)[C@H](N)C(=O)NCC(=O)N1CCCC1CC(O)c1ccccc1. The van der Waals surface area contributed by atoms with Crippen LogP contribution in [0, 0.1) is 5.92 Å². The lowest BCUT2D eigenvalue weighted by Crippen LogP contribution is -2.48. The number of likely N-dealkylation sites (tertiary alicyclic amines) is 1. The molecular weight excluding hydrogens is 318 g/mol. The van der Waals surface area contributed by atoms with Gasteiger partial charge in [0, 0.05) is 12.6 Å². The van der Waals surface area contributed by atoms with Crippen LogP contribution in [0.4, 0.5) is 0 Å². The molecule has 2 rings (SSSR count). The van der Waals surface area contributed by atoms with E-state index >= 15 is 0 Å². The smallest absolute Gasteiger partial charge is 0.242 e. The first kappa shape index (κ1) is 19.4. The van der Waals surface area contributed by atoms with Gasteiger partial charge in [-0.3, -0.25) is 9.59 Å². The third kappa shape index (κ3) is 5.28. The summed E-state index contributed by atoms with van der Waals surface area (Å²) in [7, 11) is 0. The van der Waals surface area contributed by atoms with Gasteiger partial charge in [-0.1, -0.05) is 44.2 Å². The van der Waals surface area contributed by atoms with E-state index in [4.69, 9.17) is 5.73 Å². The predicted molar refractivity (Wildman–Crippen MR) is 96.6 cm³/mol. The lowest BCUT2D eigenvalue weighted by Gasteiger charge is -2.27. The second-order valence-corrected chi connectivity index (χ2v) is 7.03. The van der Waals surface area contributed by atoms with Gasteiger partial charge in [0.2, 0.25) is 11.8 Å². The molecule has 0 aliphatic carbocycles. The number of nitrogens with one attached hydrogen (secondary N) is 1. The van der Waals surface area contributed by atoms with Crippen LogP contribution < -0.4 is 11.1 Å². The topological polar surface area (TPSA) is 95.7 Å². The number of nitrogens with two attached hydrogens (primary N) is 1. The monoisotopic (exact) mass is 347 g/mol. The van der Waals surface area contributed by atoms with Crippen LogP contribution in [-0.2, 0) is 9.59 Å². The minimum atomic E-state index is -0.609. The molecule has 3 atom stereocenters. The number of carbonyl (C=O) groups excluding carboxylic acids is 2. The normalized spacial score (nSPS) is 19.7. The molecule has 0 radical (unpaired) electrons. The summed E-state index contributed by atoms with van der Waals surface area (Å²) in [6.07, 6.45) is 1.70. The van der Waals surface area contributed by atoms with Crippen molar-refractivity contribution in [1.82, 2.24) is 10.2 Å². The molecule has 0 bridgehead atoms. The van der Waals surface area contributed by atoms with E-state index in [-0.39, 0.29) is 30.3 Å². The van der Waals surface area contributed by atoms with E-state index in [1.54, 1.807) is 4.90 Å². The number of benzene rings is 1. The van der Waals surface area contributed by atoms with E-state index in [1.807, 2.05) is 44.2 Å². The molecule has 6 nitrogen and oxygen atoms in total. The highest BCUT2D eigenvalue weighted by molar-refractivity contribution is 5.87. The lowest BCUT2D eigenvalue weighted by molar-refractivity contribution is -0.134. The Kier molecular flexibility index (Phi) is 6.96. The molecule has 1 heterocycles. The van der Waals surface area contributed by atoms with Gasteiger partial charge >= 0.3 is 0 Å². The quantitative estimate of drug-likeness (QED) is 0.691. The van der Waals surface area contributed by atoms with Crippen molar-refractivity contribution in [2.75, 3.05) is 13.1 Å². The van der Waals surface area contributed by atoms with Crippen molar-refractivity contribution in [2.45, 2.75) is 51.3 Å². The van der Waals surface area contributed by atoms with Crippen LogP contribution in [0.1, 0.15) is 44.8 Å². The largest absolute Gasteiger partial charge is 0.388 e. The number of nitrogens with zero attached hydrogens (tertiary/aromatic N) is 1. The number of carbonyl (C=O) groups is 2. The summed E-state index contributed by atoms with van der Waals surface area (Å²) in [6.45, 7) is 4.36. The first-order valence-electron chi connectivity index (χ1n) is 8.96. The van der Waals surface area contributed by atoms with Crippen molar-refractivity contribution in [3.63, 3.8) is 0 Å². The molecule has 2 amide bonds. The second kappa shape index (κ2) is 8.97. The maximum absolute atomic E-state index is 12.5. The van der Waals surface area contributed by atoms with Crippen LogP contribution in [0.15, 0.2) is 30.3 Å². The first-order chi connectivity index (χ1) is 11.9. The van der Waals surface area contributed by atoms with Crippen molar-refractivity contribution >= 4 is 11.8 Å². The van der Waals surface area contributed by atoms with Gasteiger partial charge in [-0.05, 0) is 30.7 Å². The molecule has 6 heteroatoms. The van der Waals surface area contributed by atoms with Gasteiger partial charge in [0.1, 0.15) is 0 Å². The van der Waals surface area contributed by atoms with E-state index in [0.29, 0.717) is 13.0 Å². The minimum absolute atomic E-state index is 0.00150. The van der Waals surface area contributed by atoms with Crippen molar-refractivity contribution in [1.29, 1.82) is 0 Å². The zero-order valence-corrected chi connectivity index (χ0v) is 15.0. The van der Waals surface area contributed by atoms with Crippen LogP contribution in [0.2, 0.25) is 0 Å². The van der Waals surface area contributed by atoms with Crippen molar-refractivity contribution in [3.8, 4) is 0 Å². The molecule has 1 aliphatic rings. The summed E-state index contributed by atoms with van der Waals surface area (Å²) in [5.74, 6) is -0.397. The van der Waals surface area contributed by atoms with Crippen molar-refractivity contribution in [2.24, 2.45) is 11.7 Å². The van der Waals surface area contributed by atoms with Gasteiger partial charge in [-0.15, -0.1) is 0 Å². The molecule has 1 aromatic rings. The fourth-order valence-corrected chi connectivity index (χ4v) is 3.16. The van der Waals surface area contributed by atoms with Crippen LogP contribution in [-0.4, -0.2) is 47.0 Å². The molecule has 1 aliphatic heterocycles. The highest BCUT2D eigenvalue weighted by Gasteiger charge is 2.31. The van der Waals surface area contributed by atoms with Crippen LogP contribution in [0.25, 0.3) is 0 Å². The molecule has 2 unspecified atom stereocenters. The summed E-state index contributed by atoms with van der Waals surface area (Å²) in [5.41, 5.74) is 6.65. The molecule has 25 heavy (non-hydrogen) atoms. The van der Waals surface area contributed by atoms with E-state index in [2.05, 4.69) is 5.32 Å². The third-order valence-electron chi connectivity index (χ3n) is 4.81. The first-order valence-corrected chi connectivity index (χ1v) is 8.96. The van der Waals surface area contributed by atoms with Crippen LogP contribution in [0.3, 0.4) is 0 Å². The number of hydrogen-bond acceptors (Lipinski definition) is 4.